The fraction of sp³-hybridized carbons (Fsp3) is 1.00. The van der Waals surface area contributed by atoms with Gasteiger partial charge in [-0.3, -0.25) is 0 Å². The highest BCUT2D eigenvalue weighted by Crippen LogP contribution is 2.33. The first-order valence-electron chi connectivity index (χ1n) is 6.74. The van der Waals surface area contributed by atoms with Gasteiger partial charge in [-0.1, -0.05) is 27.2 Å². The van der Waals surface area contributed by atoms with Crippen molar-refractivity contribution in [3.63, 3.8) is 0 Å². The Morgan fingerprint density at radius 1 is 1.31 bits per heavy atom. The predicted octanol–water partition coefficient (Wildman–Crippen LogP) is 3.22. The minimum Gasteiger partial charge on any atom is -0.375 e. The molecule has 2 nitrogen and oxygen atoms in total. The van der Waals surface area contributed by atoms with Crippen LogP contribution in [0.15, 0.2) is 0 Å². The molecule has 1 aliphatic heterocycles. The van der Waals surface area contributed by atoms with Crippen molar-refractivity contribution in [3.8, 4) is 0 Å². The third-order valence-electron chi connectivity index (χ3n) is 3.46. The van der Waals surface area contributed by atoms with Gasteiger partial charge in [-0.2, -0.15) is 0 Å². The fourth-order valence-electron chi connectivity index (χ4n) is 2.67. The van der Waals surface area contributed by atoms with Crippen LogP contribution in [0.25, 0.3) is 0 Å². The van der Waals surface area contributed by atoms with Gasteiger partial charge in [0.2, 0.25) is 0 Å². The Bertz CT molecular complexity index is 207. The summed E-state index contributed by atoms with van der Waals surface area (Å²) in [5.41, 5.74) is 0.466. The van der Waals surface area contributed by atoms with E-state index in [0.29, 0.717) is 5.41 Å². The summed E-state index contributed by atoms with van der Waals surface area (Å²) in [7, 11) is 0. The summed E-state index contributed by atoms with van der Waals surface area (Å²) in [4.78, 5) is 0. The van der Waals surface area contributed by atoms with Gasteiger partial charge in [0.25, 0.3) is 0 Å². The summed E-state index contributed by atoms with van der Waals surface area (Å²) >= 11 is 0. The Hall–Kier alpha value is -0.0800. The van der Waals surface area contributed by atoms with Gasteiger partial charge in [-0.15, -0.1) is 0 Å². The van der Waals surface area contributed by atoms with Crippen LogP contribution in [-0.2, 0) is 4.74 Å². The SMILES string of the molecule is CCCC(C)(C)OCC1(CC(C)C)CNC1. The zero-order chi connectivity index (χ0) is 12.2. The molecular formula is C14H29NO. The summed E-state index contributed by atoms with van der Waals surface area (Å²) in [6.45, 7) is 14.4. The fourth-order valence-corrected chi connectivity index (χ4v) is 2.67. The first kappa shape index (κ1) is 14.0. The van der Waals surface area contributed by atoms with E-state index in [0.717, 1.165) is 32.0 Å². The second kappa shape index (κ2) is 5.50. The van der Waals surface area contributed by atoms with Crippen molar-refractivity contribution >= 4 is 0 Å². The topological polar surface area (TPSA) is 21.3 Å². The quantitative estimate of drug-likeness (QED) is 0.721. The van der Waals surface area contributed by atoms with Crippen LogP contribution in [0.2, 0.25) is 0 Å². The van der Waals surface area contributed by atoms with E-state index < -0.39 is 0 Å². The molecule has 0 saturated carbocycles. The molecule has 1 aliphatic rings. The van der Waals surface area contributed by atoms with E-state index in [1.54, 1.807) is 0 Å². The molecule has 0 atom stereocenters. The third kappa shape index (κ3) is 4.06. The average molecular weight is 227 g/mol. The van der Waals surface area contributed by atoms with Crippen LogP contribution >= 0.6 is 0 Å². The third-order valence-corrected chi connectivity index (χ3v) is 3.46. The number of hydrogen-bond acceptors (Lipinski definition) is 2. The van der Waals surface area contributed by atoms with Crippen LogP contribution in [0.4, 0.5) is 0 Å². The maximum absolute atomic E-state index is 6.14. The molecule has 0 spiro atoms. The summed E-state index contributed by atoms with van der Waals surface area (Å²) in [5.74, 6) is 0.764. The molecule has 0 aromatic carbocycles. The van der Waals surface area contributed by atoms with Crippen LogP contribution < -0.4 is 5.32 Å². The number of hydrogen-bond donors (Lipinski definition) is 1. The summed E-state index contributed by atoms with van der Waals surface area (Å²) < 4.78 is 6.14. The zero-order valence-electron chi connectivity index (χ0n) is 11.7. The highest BCUT2D eigenvalue weighted by Gasteiger charge is 2.38. The lowest BCUT2D eigenvalue weighted by Crippen LogP contribution is -2.57. The Balaban J connectivity index is 2.39. The molecule has 1 heterocycles. The molecule has 2 heteroatoms. The van der Waals surface area contributed by atoms with Crippen LogP contribution in [0.1, 0.15) is 53.9 Å². The van der Waals surface area contributed by atoms with E-state index in [2.05, 4.69) is 39.9 Å². The predicted molar refractivity (Wildman–Crippen MR) is 69.7 cm³/mol. The summed E-state index contributed by atoms with van der Waals surface area (Å²) in [6.07, 6.45) is 3.63. The van der Waals surface area contributed by atoms with Gasteiger partial charge >= 0.3 is 0 Å². The van der Waals surface area contributed by atoms with Crippen LogP contribution in [0.3, 0.4) is 0 Å². The first-order chi connectivity index (χ1) is 7.39. The molecular weight excluding hydrogens is 198 g/mol. The summed E-state index contributed by atoms with van der Waals surface area (Å²) in [5, 5.41) is 3.40. The lowest BCUT2D eigenvalue weighted by atomic mass is 9.75. The molecule has 0 amide bonds. The van der Waals surface area contributed by atoms with Gasteiger partial charge < -0.3 is 10.1 Å². The van der Waals surface area contributed by atoms with E-state index in [4.69, 9.17) is 4.74 Å². The van der Waals surface area contributed by atoms with Gasteiger partial charge in [-0.25, -0.2) is 0 Å². The molecule has 0 bridgehead atoms. The minimum absolute atomic E-state index is 0.0499. The molecule has 0 aliphatic carbocycles. The molecule has 0 unspecified atom stereocenters. The highest BCUT2D eigenvalue weighted by molar-refractivity contribution is 4.93. The minimum atomic E-state index is 0.0499. The number of nitrogens with one attached hydrogen (secondary N) is 1. The molecule has 16 heavy (non-hydrogen) atoms. The van der Waals surface area contributed by atoms with Crippen molar-refractivity contribution in [2.45, 2.75) is 59.5 Å². The Morgan fingerprint density at radius 3 is 2.31 bits per heavy atom. The van der Waals surface area contributed by atoms with Crippen molar-refractivity contribution in [1.82, 2.24) is 5.32 Å². The smallest absolute Gasteiger partial charge is 0.0626 e. The molecule has 0 aromatic rings. The standard InChI is InChI=1S/C14H29NO/c1-6-7-13(4,5)16-11-14(8-12(2)3)9-15-10-14/h12,15H,6-11H2,1-5H3. The van der Waals surface area contributed by atoms with Gasteiger partial charge in [0.1, 0.15) is 0 Å². The van der Waals surface area contributed by atoms with Crippen molar-refractivity contribution < 1.29 is 4.74 Å². The van der Waals surface area contributed by atoms with Gasteiger partial charge in [0.05, 0.1) is 12.2 Å². The Kier molecular flexibility index (Phi) is 4.81. The lowest BCUT2D eigenvalue weighted by Gasteiger charge is -2.45. The van der Waals surface area contributed by atoms with Crippen molar-refractivity contribution in [2.24, 2.45) is 11.3 Å². The first-order valence-corrected chi connectivity index (χ1v) is 6.74. The molecule has 0 radical (unpaired) electrons. The van der Waals surface area contributed by atoms with Crippen molar-refractivity contribution in [1.29, 1.82) is 0 Å². The molecule has 0 aromatic heterocycles. The monoisotopic (exact) mass is 227 g/mol. The van der Waals surface area contributed by atoms with Crippen molar-refractivity contribution in [2.75, 3.05) is 19.7 Å². The van der Waals surface area contributed by atoms with Gasteiger partial charge in [0, 0.05) is 18.5 Å². The molecule has 1 fully saturated rings. The van der Waals surface area contributed by atoms with E-state index in [1.165, 1.54) is 12.8 Å². The Morgan fingerprint density at radius 2 is 1.94 bits per heavy atom. The molecule has 1 saturated heterocycles. The lowest BCUT2D eigenvalue weighted by molar-refractivity contribution is -0.0877. The van der Waals surface area contributed by atoms with Crippen LogP contribution in [-0.4, -0.2) is 25.3 Å². The molecule has 96 valence electrons. The number of rotatable bonds is 7. The maximum Gasteiger partial charge on any atom is 0.0626 e. The van der Waals surface area contributed by atoms with Gasteiger partial charge in [-0.05, 0) is 32.6 Å². The second-order valence-electron chi connectivity index (χ2n) is 6.50. The second-order valence-corrected chi connectivity index (χ2v) is 6.50. The summed E-state index contributed by atoms with van der Waals surface area (Å²) in [6, 6.07) is 0. The normalized spacial score (nSPS) is 19.9. The van der Waals surface area contributed by atoms with E-state index in [1.807, 2.05) is 0 Å². The number of ether oxygens (including phenoxy) is 1. The average Bonchev–Trinajstić information content (AvgIpc) is 2.09. The van der Waals surface area contributed by atoms with E-state index >= 15 is 0 Å². The zero-order valence-corrected chi connectivity index (χ0v) is 11.7. The highest BCUT2D eigenvalue weighted by atomic mass is 16.5. The largest absolute Gasteiger partial charge is 0.375 e. The molecule has 1 rings (SSSR count). The van der Waals surface area contributed by atoms with Crippen molar-refractivity contribution in [3.05, 3.63) is 0 Å². The molecule has 1 N–H and O–H groups in total. The van der Waals surface area contributed by atoms with Crippen LogP contribution in [0.5, 0.6) is 0 Å². The van der Waals surface area contributed by atoms with E-state index in [9.17, 15) is 0 Å². The Labute approximate surface area is 101 Å². The van der Waals surface area contributed by atoms with E-state index in [-0.39, 0.29) is 5.60 Å². The maximum atomic E-state index is 6.14. The van der Waals surface area contributed by atoms with Gasteiger partial charge in [0.15, 0.2) is 0 Å². The van der Waals surface area contributed by atoms with Crippen LogP contribution in [0, 0.1) is 11.3 Å².